The second-order valence-electron chi connectivity index (χ2n) is 10.4. The van der Waals surface area contributed by atoms with Crippen LogP contribution >= 0.6 is 0 Å². The molecule has 4 aromatic rings. The van der Waals surface area contributed by atoms with E-state index in [0.29, 0.717) is 59.1 Å². The van der Waals surface area contributed by atoms with Crippen molar-refractivity contribution in [3.05, 3.63) is 52.6 Å². The predicted octanol–water partition coefficient (Wildman–Crippen LogP) is 3.29. The van der Waals surface area contributed by atoms with Gasteiger partial charge in [-0.3, -0.25) is 4.79 Å². The lowest BCUT2D eigenvalue weighted by atomic mass is 9.83. The Morgan fingerprint density at radius 3 is 2.58 bits per heavy atom. The molecule has 4 saturated heterocycles. The van der Waals surface area contributed by atoms with Gasteiger partial charge in [-0.1, -0.05) is 12.1 Å². The standard InChI is InChI=1S/C27H29FN6O2/c28-18-11-17-21(12-23(18)34-10-7-16(35)13-34)32-27(36)24(26-30-19-3-1-2-4-20(19)31-26)25(17)29-22-14-33-8-5-15(22)6-9-33/h1-4,11-12,15-16,22,35H,5-10,13-14H2,(H,30,31)(H2,29,32,36)/t16-,22+/m1/s1. The van der Waals surface area contributed by atoms with E-state index >= 15 is 4.39 Å². The van der Waals surface area contributed by atoms with Crippen molar-refractivity contribution in [3.63, 3.8) is 0 Å². The van der Waals surface area contributed by atoms with Crippen LogP contribution in [0, 0.1) is 11.7 Å². The Labute approximate surface area is 207 Å². The van der Waals surface area contributed by atoms with Crippen LogP contribution in [0.3, 0.4) is 0 Å². The summed E-state index contributed by atoms with van der Waals surface area (Å²) < 4.78 is 15.5. The van der Waals surface area contributed by atoms with Crippen molar-refractivity contribution in [2.45, 2.75) is 31.4 Å². The Hall–Kier alpha value is -3.43. The molecule has 2 aromatic carbocycles. The van der Waals surface area contributed by atoms with Gasteiger partial charge in [-0.05, 0) is 62.5 Å². The average molecular weight is 489 g/mol. The number of anilines is 2. The molecule has 2 bridgehead atoms. The molecule has 8 nitrogen and oxygen atoms in total. The van der Waals surface area contributed by atoms with E-state index in [-0.39, 0.29) is 17.4 Å². The van der Waals surface area contributed by atoms with Crippen LogP contribution < -0.4 is 15.8 Å². The van der Waals surface area contributed by atoms with Gasteiger partial charge in [0.1, 0.15) is 17.2 Å². The molecule has 4 aliphatic rings. The lowest BCUT2D eigenvalue weighted by Crippen LogP contribution is -2.53. The molecule has 0 amide bonds. The SMILES string of the molecule is O=c1[nH]c2cc(N3CC[C@@H](O)C3)c(F)cc2c(N[C@H]2CN3CCC2CC3)c1-c1nc2ccccc2[nH]1. The van der Waals surface area contributed by atoms with Crippen molar-refractivity contribution in [1.82, 2.24) is 19.9 Å². The molecule has 4 fully saturated rings. The van der Waals surface area contributed by atoms with Gasteiger partial charge in [0.05, 0.1) is 34.0 Å². The number of hydrogen-bond acceptors (Lipinski definition) is 6. The summed E-state index contributed by atoms with van der Waals surface area (Å²) in [5.41, 5.74) is 3.34. The molecule has 8 rings (SSSR count). The number of halogens is 1. The second-order valence-corrected chi connectivity index (χ2v) is 10.4. The quantitative estimate of drug-likeness (QED) is 0.352. The Bertz CT molecular complexity index is 1490. The lowest BCUT2D eigenvalue weighted by molar-refractivity contribution is 0.0976. The summed E-state index contributed by atoms with van der Waals surface area (Å²) in [6.07, 6.45) is 2.37. The first-order valence-electron chi connectivity index (χ1n) is 12.8. The van der Waals surface area contributed by atoms with Crippen LogP contribution in [0.5, 0.6) is 0 Å². The molecule has 6 heterocycles. The number of para-hydroxylation sites is 2. The van der Waals surface area contributed by atoms with E-state index in [1.54, 1.807) is 6.07 Å². The molecule has 4 N–H and O–H groups in total. The zero-order chi connectivity index (χ0) is 24.4. The minimum Gasteiger partial charge on any atom is -0.391 e. The molecular weight excluding hydrogens is 459 g/mol. The number of hydrogen-bond donors (Lipinski definition) is 4. The average Bonchev–Trinajstić information content (AvgIpc) is 3.51. The number of rotatable bonds is 4. The molecule has 0 radical (unpaired) electrons. The third-order valence-corrected chi connectivity index (χ3v) is 8.20. The van der Waals surface area contributed by atoms with E-state index in [0.717, 1.165) is 43.5 Å². The fraction of sp³-hybridized carbons (Fsp3) is 0.407. The molecule has 0 spiro atoms. The number of nitrogens with zero attached hydrogens (tertiary/aromatic N) is 3. The lowest BCUT2D eigenvalue weighted by Gasteiger charge is -2.45. The zero-order valence-corrected chi connectivity index (χ0v) is 19.9. The molecular formula is C27H29FN6O2. The molecule has 2 atom stereocenters. The number of fused-ring (bicyclic) bond motifs is 5. The van der Waals surface area contributed by atoms with E-state index in [2.05, 4.69) is 20.2 Å². The Morgan fingerprint density at radius 2 is 1.86 bits per heavy atom. The number of aromatic nitrogens is 3. The molecule has 0 unspecified atom stereocenters. The van der Waals surface area contributed by atoms with Gasteiger partial charge in [0, 0.05) is 31.1 Å². The summed E-state index contributed by atoms with van der Waals surface area (Å²) in [6.45, 7) is 4.08. The van der Waals surface area contributed by atoms with Crippen molar-refractivity contribution in [1.29, 1.82) is 0 Å². The minimum absolute atomic E-state index is 0.178. The van der Waals surface area contributed by atoms with Gasteiger partial charge in [0.25, 0.3) is 5.56 Å². The third-order valence-electron chi connectivity index (χ3n) is 8.20. The molecule has 9 heteroatoms. The van der Waals surface area contributed by atoms with Gasteiger partial charge in [0.2, 0.25) is 0 Å². The van der Waals surface area contributed by atoms with Crippen LogP contribution in [-0.4, -0.2) is 69.8 Å². The molecule has 0 aliphatic carbocycles. The van der Waals surface area contributed by atoms with E-state index in [1.807, 2.05) is 29.2 Å². The second kappa shape index (κ2) is 8.31. The minimum atomic E-state index is -0.469. The number of β-amino-alcohol motifs (C(OH)–C–C–N with tert-alkyl or cyclic N) is 1. The number of aliphatic hydroxyl groups is 1. The molecule has 36 heavy (non-hydrogen) atoms. The van der Waals surface area contributed by atoms with Crippen LogP contribution in [-0.2, 0) is 0 Å². The first-order chi connectivity index (χ1) is 17.5. The van der Waals surface area contributed by atoms with Crippen LogP contribution in [0.25, 0.3) is 33.3 Å². The van der Waals surface area contributed by atoms with E-state index in [9.17, 15) is 9.90 Å². The van der Waals surface area contributed by atoms with Crippen molar-refractivity contribution in [3.8, 4) is 11.4 Å². The van der Waals surface area contributed by atoms with E-state index in [1.165, 1.54) is 6.07 Å². The Balaban J connectivity index is 1.41. The van der Waals surface area contributed by atoms with Crippen molar-refractivity contribution in [2.24, 2.45) is 5.92 Å². The highest BCUT2D eigenvalue weighted by atomic mass is 19.1. The number of aromatic amines is 2. The van der Waals surface area contributed by atoms with Crippen LogP contribution in [0.1, 0.15) is 19.3 Å². The van der Waals surface area contributed by atoms with Crippen molar-refractivity contribution < 1.29 is 9.50 Å². The molecule has 4 aliphatic heterocycles. The Kier molecular flexibility index (Phi) is 5.04. The normalized spacial score (nSPS) is 25.8. The monoisotopic (exact) mass is 488 g/mol. The fourth-order valence-electron chi connectivity index (χ4n) is 6.27. The van der Waals surface area contributed by atoms with Crippen molar-refractivity contribution >= 4 is 33.3 Å². The summed E-state index contributed by atoms with van der Waals surface area (Å²) in [5, 5.41) is 14.3. The third kappa shape index (κ3) is 3.57. The fourth-order valence-corrected chi connectivity index (χ4v) is 6.27. The number of aliphatic hydroxyl groups excluding tert-OH is 1. The number of nitrogens with one attached hydrogen (secondary N) is 3. The maximum absolute atomic E-state index is 15.5. The predicted molar refractivity (Wildman–Crippen MR) is 139 cm³/mol. The molecule has 0 saturated carbocycles. The number of pyridine rings is 1. The van der Waals surface area contributed by atoms with E-state index < -0.39 is 6.10 Å². The van der Waals surface area contributed by atoms with Gasteiger partial charge in [0.15, 0.2) is 0 Å². The van der Waals surface area contributed by atoms with Crippen LogP contribution in [0.2, 0.25) is 0 Å². The summed E-state index contributed by atoms with van der Waals surface area (Å²) in [7, 11) is 0. The summed E-state index contributed by atoms with van der Waals surface area (Å²) >= 11 is 0. The Morgan fingerprint density at radius 1 is 1.03 bits per heavy atom. The summed E-state index contributed by atoms with van der Waals surface area (Å²) in [4.78, 5) is 28.9. The number of benzene rings is 2. The zero-order valence-electron chi connectivity index (χ0n) is 19.9. The highest BCUT2D eigenvalue weighted by molar-refractivity contribution is 6.00. The smallest absolute Gasteiger partial charge is 0.261 e. The first-order valence-corrected chi connectivity index (χ1v) is 12.8. The highest BCUT2D eigenvalue weighted by Gasteiger charge is 2.35. The van der Waals surface area contributed by atoms with Crippen molar-refractivity contribution in [2.75, 3.05) is 42.9 Å². The van der Waals surface area contributed by atoms with Gasteiger partial charge in [-0.25, -0.2) is 9.37 Å². The van der Waals surface area contributed by atoms with Gasteiger partial charge < -0.3 is 30.2 Å². The molecule has 2 aromatic heterocycles. The van der Waals surface area contributed by atoms with Crippen LogP contribution in [0.4, 0.5) is 15.8 Å². The first kappa shape index (κ1) is 21.8. The summed E-state index contributed by atoms with van der Waals surface area (Å²) in [5.74, 6) is 0.620. The largest absolute Gasteiger partial charge is 0.391 e. The summed E-state index contributed by atoms with van der Waals surface area (Å²) in [6, 6.07) is 11.1. The van der Waals surface area contributed by atoms with Gasteiger partial charge >= 0.3 is 0 Å². The number of H-pyrrole nitrogens is 2. The topological polar surface area (TPSA) is 100 Å². The molecule has 186 valence electrons. The maximum atomic E-state index is 15.5. The highest BCUT2D eigenvalue weighted by Crippen LogP contribution is 2.38. The van der Waals surface area contributed by atoms with E-state index in [4.69, 9.17) is 4.98 Å². The maximum Gasteiger partial charge on any atom is 0.261 e. The number of imidazole rings is 1. The van der Waals surface area contributed by atoms with Gasteiger partial charge in [-0.2, -0.15) is 0 Å². The number of piperidine rings is 3. The van der Waals surface area contributed by atoms with Crippen LogP contribution in [0.15, 0.2) is 41.2 Å². The van der Waals surface area contributed by atoms with Gasteiger partial charge in [-0.15, -0.1) is 0 Å².